The average Bonchev–Trinajstić information content (AvgIpc) is 3.31. The van der Waals surface area contributed by atoms with Gasteiger partial charge in [-0.05, 0) is 24.3 Å². The van der Waals surface area contributed by atoms with E-state index >= 15 is 0 Å². The highest BCUT2D eigenvalue weighted by atomic mass is 35.5. The van der Waals surface area contributed by atoms with Gasteiger partial charge in [-0.1, -0.05) is 23.7 Å². The van der Waals surface area contributed by atoms with Crippen molar-refractivity contribution in [1.82, 2.24) is 9.99 Å². The predicted molar refractivity (Wildman–Crippen MR) is 130 cm³/mol. The van der Waals surface area contributed by atoms with Gasteiger partial charge in [-0.15, -0.1) is 0 Å². The number of rotatable bonds is 8. The zero-order valence-corrected chi connectivity index (χ0v) is 20.2. The zero-order chi connectivity index (χ0) is 25.1. The molecule has 0 aliphatic carbocycles. The molecule has 0 fully saturated rings. The minimum Gasteiger partial charge on any atom is -0.497 e. The Morgan fingerprint density at radius 3 is 2.40 bits per heavy atom. The van der Waals surface area contributed by atoms with Gasteiger partial charge in [0.1, 0.15) is 27.9 Å². The van der Waals surface area contributed by atoms with E-state index < -0.39 is 17.9 Å². The molecular weight excluding hydrogens is 474 g/mol. The molecule has 1 aromatic heterocycles. The van der Waals surface area contributed by atoms with Crippen LogP contribution in [0.2, 0.25) is 5.15 Å². The molecule has 2 heterocycles. The molecule has 0 radical (unpaired) electrons. The molecule has 3 aromatic rings. The number of carbonyl (C=O) groups excluding carboxylic acids is 1. The summed E-state index contributed by atoms with van der Waals surface area (Å²) in [6.45, 7) is 0. The van der Waals surface area contributed by atoms with E-state index in [1.807, 2.05) is 18.2 Å². The van der Waals surface area contributed by atoms with E-state index in [4.69, 9.17) is 30.9 Å². The fourth-order valence-electron chi connectivity index (χ4n) is 4.02. The standard InChI is InChI=1S/C25H24ClN3O6/c1-33-16-9-15(10-17(12-16)34-2)19-13-20(29(28-19)22(30)7-8-23(31)32)18-11-14-5-4-6-21(35-3)24(14)27-25(18)26/h4-6,9-12,20H,7-8,13H2,1-3H3,(H,31,32). The van der Waals surface area contributed by atoms with Gasteiger partial charge in [0.25, 0.3) is 0 Å². The van der Waals surface area contributed by atoms with Crippen molar-refractivity contribution in [2.45, 2.75) is 25.3 Å². The molecule has 4 rings (SSSR count). The number of fused-ring (bicyclic) bond motifs is 1. The number of pyridine rings is 1. The number of halogens is 1. The third-order valence-electron chi connectivity index (χ3n) is 5.77. The third kappa shape index (κ3) is 5.00. The fourth-order valence-corrected chi connectivity index (χ4v) is 4.29. The second-order valence-electron chi connectivity index (χ2n) is 7.90. The molecule has 0 spiro atoms. The van der Waals surface area contributed by atoms with Crippen molar-refractivity contribution in [2.75, 3.05) is 21.3 Å². The molecule has 0 saturated heterocycles. The first-order chi connectivity index (χ1) is 16.8. The van der Waals surface area contributed by atoms with Crippen molar-refractivity contribution >= 4 is 40.1 Å². The zero-order valence-electron chi connectivity index (χ0n) is 19.4. The first-order valence-electron chi connectivity index (χ1n) is 10.8. The predicted octanol–water partition coefficient (Wildman–Crippen LogP) is 4.46. The Morgan fingerprint density at radius 1 is 1.06 bits per heavy atom. The molecule has 1 aliphatic rings. The molecule has 35 heavy (non-hydrogen) atoms. The molecule has 1 unspecified atom stereocenters. The smallest absolute Gasteiger partial charge is 0.303 e. The molecular formula is C25H24ClN3O6. The van der Waals surface area contributed by atoms with Gasteiger partial charge >= 0.3 is 5.97 Å². The summed E-state index contributed by atoms with van der Waals surface area (Å²) in [5, 5.41) is 16.0. The quantitative estimate of drug-likeness (QED) is 0.457. The van der Waals surface area contributed by atoms with Crippen LogP contribution in [-0.2, 0) is 9.59 Å². The second-order valence-corrected chi connectivity index (χ2v) is 8.26. The van der Waals surface area contributed by atoms with Crippen LogP contribution in [0.4, 0.5) is 0 Å². The van der Waals surface area contributed by atoms with E-state index in [-0.39, 0.29) is 18.0 Å². The fraction of sp³-hybridized carbons (Fsp3) is 0.280. The van der Waals surface area contributed by atoms with Crippen molar-refractivity contribution in [1.29, 1.82) is 0 Å². The summed E-state index contributed by atoms with van der Waals surface area (Å²) < 4.78 is 16.1. The maximum atomic E-state index is 13.1. The molecule has 9 nitrogen and oxygen atoms in total. The summed E-state index contributed by atoms with van der Waals surface area (Å²) in [6, 6.07) is 12.1. The van der Waals surface area contributed by atoms with Gasteiger partial charge in [0.2, 0.25) is 5.91 Å². The van der Waals surface area contributed by atoms with Crippen LogP contribution in [0.3, 0.4) is 0 Å². The molecule has 1 amide bonds. The Labute approximate surface area is 206 Å². The number of carboxylic acids is 1. The number of hydrazone groups is 1. The maximum Gasteiger partial charge on any atom is 0.303 e. The van der Waals surface area contributed by atoms with Gasteiger partial charge in [0.15, 0.2) is 0 Å². The minimum absolute atomic E-state index is 0.198. The number of carboxylic acid groups (broad SMARTS) is 1. The third-order valence-corrected chi connectivity index (χ3v) is 6.07. The lowest BCUT2D eigenvalue weighted by Gasteiger charge is -2.23. The number of nitrogens with zero attached hydrogens (tertiary/aromatic N) is 3. The van der Waals surface area contributed by atoms with E-state index in [0.29, 0.717) is 46.0 Å². The van der Waals surface area contributed by atoms with Crippen LogP contribution in [-0.4, -0.2) is 54.0 Å². The van der Waals surface area contributed by atoms with Crippen LogP contribution in [0, 0.1) is 0 Å². The van der Waals surface area contributed by atoms with E-state index in [9.17, 15) is 9.59 Å². The average molecular weight is 498 g/mol. The van der Waals surface area contributed by atoms with E-state index in [2.05, 4.69) is 10.1 Å². The Balaban J connectivity index is 1.78. The lowest BCUT2D eigenvalue weighted by molar-refractivity contribution is -0.141. The Kier molecular flexibility index (Phi) is 7.07. The van der Waals surface area contributed by atoms with Crippen molar-refractivity contribution in [2.24, 2.45) is 5.10 Å². The second kappa shape index (κ2) is 10.2. The van der Waals surface area contributed by atoms with Gasteiger partial charge in [-0.3, -0.25) is 9.59 Å². The number of methoxy groups -OCH3 is 3. The Hall–Kier alpha value is -3.85. The van der Waals surface area contributed by atoms with Crippen molar-refractivity contribution in [3.63, 3.8) is 0 Å². The van der Waals surface area contributed by atoms with E-state index in [1.165, 1.54) is 5.01 Å². The van der Waals surface area contributed by atoms with E-state index in [0.717, 1.165) is 5.39 Å². The monoisotopic (exact) mass is 497 g/mol. The molecule has 1 atom stereocenters. The van der Waals surface area contributed by atoms with Gasteiger partial charge in [-0.2, -0.15) is 5.10 Å². The first-order valence-corrected chi connectivity index (χ1v) is 11.2. The lowest BCUT2D eigenvalue weighted by Crippen LogP contribution is -2.27. The van der Waals surface area contributed by atoms with Crippen LogP contribution < -0.4 is 14.2 Å². The minimum atomic E-state index is -1.06. The lowest BCUT2D eigenvalue weighted by atomic mass is 9.97. The van der Waals surface area contributed by atoms with E-state index in [1.54, 1.807) is 45.6 Å². The van der Waals surface area contributed by atoms with Crippen LogP contribution in [0.1, 0.15) is 36.4 Å². The molecule has 182 valence electrons. The molecule has 0 saturated carbocycles. The summed E-state index contributed by atoms with van der Waals surface area (Å²) in [5.41, 5.74) is 2.53. The number of hydrogen-bond donors (Lipinski definition) is 1. The molecule has 2 aromatic carbocycles. The van der Waals surface area contributed by atoms with Gasteiger partial charge in [0, 0.05) is 35.4 Å². The number of hydrogen-bond acceptors (Lipinski definition) is 7. The number of aromatic nitrogens is 1. The largest absolute Gasteiger partial charge is 0.497 e. The molecule has 10 heteroatoms. The SMILES string of the molecule is COc1cc(OC)cc(C2=NN(C(=O)CCC(=O)O)C(c3cc4cccc(OC)c4nc3Cl)C2)c1. The van der Waals surface area contributed by atoms with Gasteiger partial charge in [0.05, 0.1) is 39.5 Å². The van der Waals surface area contributed by atoms with Crippen molar-refractivity contribution < 1.29 is 28.9 Å². The molecule has 0 bridgehead atoms. The van der Waals surface area contributed by atoms with Gasteiger partial charge in [-0.25, -0.2) is 9.99 Å². The molecule has 1 N–H and O–H groups in total. The topological polar surface area (TPSA) is 111 Å². The highest BCUT2D eigenvalue weighted by Gasteiger charge is 2.35. The first kappa shape index (κ1) is 24.3. The number of aliphatic carboxylic acids is 1. The number of para-hydroxylation sites is 1. The number of carbonyl (C=O) groups is 2. The number of benzene rings is 2. The summed E-state index contributed by atoms with van der Waals surface area (Å²) in [7, 11) is 4.66. The summed E-state index contributed by atoms with van der Waals surface area (Å²) in [4.78, 5) is 28.7. The number of amides is 1. The normalized spacial score (nSPS) is 15.1. The van der Waals surface area contributed by atoms with Crippen LogP contribution in [0.25, 0.3) is 10.9 Å². The van der Waals surface area contributed by atoms with Gasteiger partial charge < -0.3 is 19.3 Å². The van der Waals surface area contributed by atoms with Crippen molar-refractivity contribution in [3.05, 3.63) is 58.7 Å². The summed E-state index contributed by atoms with van der Waals surface area (Å²) in [6.07, 6.45) is -0.163. The maximum absolute atomic E-state index is 13.1. The summed E-state index contributed by atoms with van der Waals surface area (Å²) >= 11 is 6.61. The highest BCUT2D eigenvalue weighted by Crippen LogP contribution is 2.39. The van der Waals surface area contributed by atoms with Crippen LogP contribution in [0.15, 0.2) is 47.6 Å². The Bertz CT molecular complexity index is 1300. The Morgan fingerprint density at radius 2 is 1.77 bits per heavy atom. The summed E-state index contributed by atoms with van der Waals surface area (Å²) in [5.74, 6) is 0.244. The van der Waals surface area contributed by atoms with Crippen molar-refractivity contribution in [3.8, 4) is 17.2 Å². The van der Waals surface area contributed by atoms with Crippen LogP contribution >= 0.6 is 11.6 Å². The van der Waals surface area contributed by atoms with Crippen LogP contribution in [0.5, 0.6) is 17.2 Å². The highest BCUT2D eigenvalue weighted by molar-refractivity contribution is 6.30. The number of ether oxygens (including phenoxy) is 3. The molecule has 1 aliphatic heterocycles.